The molecule has 0 spiro atoms. The van der Waals surface area contributed by atoms with E-state index < -0.39 is 0 Å². The molecule has 3 nitrogen and oxygen atoms in total. The van der Waals surface area contributed by atoms with E-state index in [4.69, 9.17) is 0 Å². The van der Waals surface area contributed by atoms with Crippen molar-refractivity contribution >= 4 is 5.91 Å². The Morgan fingerprint density at radius 3 is 2.42 bits per heavy atom. The number of hydrogen-bond acceptors (Lipinski definition) is 2. The number of amides is 1. The minimum atomic E-state index is 0.0660. The normalized spacial score (nSPS) is 35.9. The van der Waals surface area contributed by atoms with Crippen molar-refractivity contribution in [3.8, 4) is 0 Å². The Bertz CT molecular complexity index is 297. The average molecular weight is 266 g/mol. The molecule has 2 atom stereocenters. The highest BCUT2D eigenvalue weighted by atomic mass is 16.2. The monoisotopic (exact) mass is 266 g/mol. The second-order valence-corrected chi connectivity index (χ2v) is 6.50. The van der Waals surface area contributed by atoms with Crippen LogP contribution in [0.4, 0.5) is 0 Å². The summed E-state index contributed by atoms with van der Waals surface area (Å²) in [4.78, 5) is 14.4. The minimum absolute atomic E-state index is 0.0660. The number of carbonyl (C=O) groups is 1. The Morgan fingerprint density at radius 2 is 1.84 bits per heavy atom. The molecular weight excluding hydrogens is 236 g/mol. The Labute approximate surface area is 118 Å². The van der Waals surface area contributed by atoms with E-state index in [1.807, 2.05) is 0 Å². The maximum absolute atomic E-state index is 12.3. The zero-order valence-corrected chi connectivity index (χ0v) is 12.8. The number of nitrogens with zero attached hydrogens (tertiary/aromatic N) is 1. The van der Waals surface area contributed by atoms with E-state index in [9.17, 15) is 4.79 Å². The smallest absolute Gasteiger partial charge is 0.241 e. The summed E-state index contributed by atoms with van der Waals surface area (Å²) in [6, 6.07) is 0.0660. The predicted octanol–water partition coefficient (Wildman–Crippen LogP) is 3.15. The van der Waals surface area contributed by atoms with E-state index in [0.29, 0.717) is 5.91 Å². The zero-order valence-electron chi connectivity index (χ0n) is 12.8. The second kappa shape index (κ2) is 6.74. The highest BCUT2D eigenvalue weighted by molar-refractivity contribution is 5.84. The van der Waals surface area contributed by atoms with Crippen molar-refractivity contribution in [1.82, 2.24) is 10.2 Å². The first kappa shape index (κ1) is 14.8. The summed E-state index contributed by atoms with van der Waals surface area (Å²) in [5, 5.41) is 3.46. The fourth-order valence-corrected chi connectivity index (χ4v) is 3.58. The molecule has 2 rings (SSSR count). The zero-order chi connectivity index (χ0) is 13.8. The molecule has 1 N–H and O–H groups in total. The molecule has 0 aromatic heterocycles. The fraction of sp³-hybridized carbons (Fsp3) is 0.938. The van der Waals surface area contributed by atoms with Gasteiger partial charge in [-0.05, 0) is 31.1 Å². The molecule has 0 bridgehead atoms. The molecule has 0 radical (unpaired) electrons. The summed E-state index contributed by atoms with van der Waals surface area (Å²) in [7, 11) is 0. The standard InChI is InChI=1S/C16H30N2O/c1-4-14-16(19)18(15(5-2)17-14)11-10-13-8-6-12(3)7-9-13/h12-15,17H,4-11H2,1-3H3. The van der Waals surface area contributed by atoms with Gasteiger partial charge in [0.1, 0.15) is 0 Å². The Hall–Kier alpha value is -0.570. The summed E-state index contributed by atoms with van der Waals surface area (Å²) >= 11 is 0. The largest absolute Gasteiger partial charge is 0.326 e. The number of rotatable bonds is 5. The lowest BCUT2D eigenvalue weighted by atomic mass is 9.81. The van der Waals surface area contributed by atoms with Crippen LogP contribution in [0.2, 0.25) is 0 Å². The van der Waals surface area contributed by atoms with Gasteiger partial charge in [0, 0.05) is 6.54 Å². The maximum Gasteiger partial charge on any atom is 0.241 e. The summed E-state index contributed by atoms with van der Waals surface area (Å²) in [5.74, 6) is 2.10. The lowest BCUT2D eigenvalue weighted by Gasteiger charge is -2.29. The molecule has 1 aliphatic heterocycles. The molecular formula is C16H30N2O. The predicted molar refractivity (Wildman–Crippen MR) is 78.7 cm³/mol. The van der Waals surface area contributed by atoms with Gasteiger partial charge < -0.3 is 4.90 Å². The first-order valence-corrected chi connectivity index (χ1v) is 8.22. The van der Waals surface area contributed by atoms with E-state index >= 15 is 0 Å². The van der Waals surface area contributed by atoms with Crippen molar-refractivity contribution in [2.45, 2.75) is 77.9 Å². The maximum atomic E-state index is 12.3. The topological polar surface area (TPSA) is 32.3 Å². The van der Waals surface area contributed by atoms with Gasteiger partial charge in [-0.1, -0.05) is 46.5 Å². The second-order valence-electron chi connectivity index (χ2n) is 6.50. The first-order chi connectivity index (χ1) is 9.15. The van der Waals surface area contributed by atoms with Gasteiger partial charge in [0.2, 0.25) is 5.91 Å². The van der Waals surface area contributed by atoms with E-state index in [1.54, 1.807) is 0 Å². The van der Waals surface area contributed by atoms with Crippen LogP contribution < -0.4 is 5.32 Å². The lowest BCUT2D eigenvalue weighted by Crippen LogP contribution is -2.38. The Kier molecular flexibility index (Phi) is 5.26. The molecule has 3 heteroatoms. The van der Waals surface area contributed by atoms with Crippen molar-refractivity contribution in [2.75, 3.05) is 6.54 Å². The van der Waals surface area contributed by atoms with Gasteiger partial charge in [-0.15, -0.1) is 0 Å². The van der Waals surface area contributed by atoms with Crippen molar-refractivity contribution < 1.29 is 4.79 Å². The SMILES string of the molecule is CCC1NC(CC)N(CCC2CCC(C)CC2)C1=O. The van der Waals surface area contributed by atoms with Crippen LogP contribution in [0.25, 0.3) is 0 Å². The summed E-state index contributed by atoms with van der Waals surface area (Å²) in [6.07, 6.45) is 8.90. The fourth-order valence-electron chi connectivity index (χ4n) is 3.58. The Balaban J connectivity index is 1.82. The molecule has 1 heterocycles. The molecule has 1 saturated heterocycles. The van der Waals surface area contributed by atoms with Crippen LogP contribution in [0.1, 0.15) is 65.7 Å². The lowest BCUT2D eigenvalue weighted by molar-refractivity contribution is -0.130. The first-order valence-electron chi connectivity index (χ1n) is 8.22. The van der Waals surface area contributed by atoms with Gasteiger partial charge in [-0.2, -0.15) is 0 Å². The minimum Gasteiger partial charge on any atom is -0.326 e. The van der Waals surface area contributed by atoms with Gasteiger partial charge in [-0.3, -0.25) is 10.1 Å². The van der Waals surface area contributed by atoms with Crippen molar-refractivity contribution in [2.24, 2.45) is 11.8 Å². The quantitative estimate of drug-likeness (QED) is 0.829. The van der Waals surface area contributed by atoms with Crippen LogP contribution in [0.15, 0.2) is 0 Å². The van der Waals surface area contributed by atoms with Crippen LogP contribution in [0.5, 0.6) is 0 Å². The molecule has 0 aromatic carbocycles. The van der Waals surface area contributed by atoms with Crippen LogP contribution in [-0.2, 0) is 4.79 Å². The third-order valence-corrected chi connectivity index (χ3v) is 5.06. The summed E-state index contributed by atoms with van der Waals surface area (Å²) < 4.78 is 0. The highest BCUT2D eigenvalue weighted by Crippen LogP contribution is 2.31. The van der Waals surface area contributed by atoms with Gasteiger partial charge in [0.15, 0.2) is 0 Å². The highest BCUT2D eigenvalue weighted by Gasteiger charge is 2.36. The number of carbonyl (C=O) groups excluding carboxylic acids is 1. The van der Waals surface area contributed by atoms with Crippen molar-refractivity contribution in [3.05, 3.63) is 0 Å². The molecule has 1 amide bonds. The van der Waals surface area contributed by atoms with Gasteiger partial charge in [0.25, 0.3) is 0 Å². The van der Waals surface area contributed by atoms with Crippen LogP contribution in [-0.4, -0.2) is 29.6 Å². The molecule has 19 heavy (non-hydrogen) atoms. The number of nitrogens with one attached hydrogen (secondary N) is 1. The third kappa shape index (κ3) is 3.50. The van der Waals surface area contributed by atoms with E-state index in [-0.39, 0.29) is 12.2 Å². The molecule has 110 valence electrons. The molecule has 1 aliphatic carbocycles. The molecule has 0 aromatic rings. The summed E-state index contributed by atoms with van der Waals surface area (Å²) in [5.41, 5.74) is 0. The molecule has 1 saturated carbocycles. The van der Waals surface area contributed by atoms with E-state index in [0.717, 1.165) is 31.2 Å². The van der Waals surface area contributed by atoms with Gasteiger partial charge in [0.05, 0.1) is 12.2 Å². The Morgan fingerprint density at radius 1 is 1.16 bits per heavy atom. The number of hydrogen-bond donors (Lipinski definition) is 1. The van der Waals surface area contributed by atoms with Crippen molar-refractivity contribution in [1.29, 1.82) is 0 Å². The molecule has 2 aliphatic rings. The van der Waals surface area contributed by atoms with Crippen molar-refractivity contribution in [3.63, 3.8) is 0 Å². The van der Waals surface area contributed by atoms with E-state index in [1.165, 1.54) is 32.1 Å². The summed E-state index contributed by atoms with van der Waals surface area (Å²) in [6.45, 7) is 7.58. The third-order valence-electron chi connectivity index (χ3n) is 5.06. The van der Waals surface area contributed by atoms with Gasteiger partial charge >= 0.3 is 0 Å². The molecule has 2 fully saturated rings. The van der Waals surface area contributed by atoms with Crippen LogP contribution in [0, 0.1) is 11.8 Å². The molecule has 2 unspecified atom stereocenters. The van der Waals surface area contributed by atoms with Crippen LogP contribution in [0.3, 0.4) is 0 Å². The van der Waals surface area contributed by atoms with Gasteiger partial charge in [-0.25, -0.2) is 0 Å². The van der Waals surface area contributed by atoms with Crippen LogP contribution >= 0.6 is 0 Å². The van der Waals surface area contributed by atoms with E-state index in [2.05, 4.69) is 31.0 Å². The average Bonchev–Trinajstić information content (AvgIpc) is 2.74.